The summed E-state index contributed by atoms with van der Waals surface area (Å²) in [5.41, 5.74) is 0.247. The molecule has 17 heavy (non-hydrogen) atoms. The average Bonchev–Trinajstić information content (AvgIpc) is 2.31. The number of nitrogens with zero attached hydrogens (tertiary/aromatic N) is 1. The molecule has 0 spiro atoms. The Bertz CT molecular complexity index is 466. The summed E-state index contributed by atoms with van der Waals surface area (Å²) < 4.78 is 23.4. The van der Waals surface area contributed by atoms with Crippen LogP contribution in [-0.4, -0.2) is 19.7 Å². The number of methoxy groups -OCH3 is 1. The highest BCUT2D eigenvalue weighted by Crippen LogP contribution is 2.25. The van der Waals surface area contributed by atoms with Crippen molar-refractivity contribution in [3.05, 3.63) is 29.1 Å². The third-order valence-corrected chi connectivity index (χ3v) is 2.14. The first-order valence-electron chi connectivity index (χ1n) is 5.05. The van der Waals surface area contributed by atoms with Gasteiger partial charge < -0.3 is 9.47 Å². The normalized spacial score (nSPS) is 9.53. The Morgan fingerprint density at radius 2 is 2.24 bits per heavy atom. The fourth-order valence-electron chi connectivity index (χ4n) is 1.39. The molecular weight excluding hydrogens is 225 g/mol. The highest BCUT2D eigenvalue weighted by molar-refractivity contribution is 5.73. The minimum absolute atomic E-state index is 0.0950. The minimum atomic E-state index is -0.695. The lowest BCUT2D eigenvalue weighted by molar-refractivity contribution is -0.142. The zero-order valence-corrected chi connectivity index (χ0v) is 9.62. The topological polar surface area (TPSA) is 59.3 Å². The molecule has 0 unspecified atom stereocenters. The Labute approximate surface area is 98.6 Å². The number of hydrogen-bond acceptors (Lipinski definition) is 4. The Morgan fingerprint density at radius 3 is 2.76 bits per heavy atom. The monoisotopic (exact) mass is 237 g/mol. The van der Waals surface area contributed by atoms with Gasteiger partial charge >= 0.3 is 5.97 Å². The molecule has 0 aliphatic heterocycles. The fraction of sp³-hybridized carbons (Fsp3) is 0.333. The van der Waals surface area contributed by atoms with Crippen LogP contribution in [0, 0.1) is 17.1 Å². The fourth-order valence-corrected chi connectivity index (χ4v) is 1.39. The highest BCUT2D eigenvalue weighted by atomic mass is 19.1. The van der Waals surface area contributed by atoms with E-state index < -0.39 is 11.8 Å². The summed E-state index contributed by atoms with van der Waals surface area (Å²) in [5, 5.41) is 8.74. The molecular formula is C12H12FNO3. The Kier molecular flexibility index (Phi) is 4.46. The maximum Gasteiger partial charge on any atom is 0.310 e. The van der Waals surface area contributed by atoms with Gasteiger partial charge in [-0.2, -0.15) is 5.26 Å². The maximum absolute atomic E-state index is 13.8. The molecule has 0 bridgehead atoms. The van der Waals surface area contributed by atoms with E-state index in [1.807, 2.05) is 6.07 Å². The number of nitriles is 1. The first-order chi connectivity index (χ1) is 8.13. The molecule has 0 fully saturated rings. The lowest BCUT2D eigenvalue weighted by Gasteiger charge is -2.08. The van der Waals surface area contributed by atoms with Crippen molar-refractivity contribution in [2.24, 2.45) is 0 Å². The number of halogens is 1. The summed E-state index contributed by atoms with van der Waals surface area (Å²) in [6.07, 6.45) is -0.179. The van der Waals surface area contributed by atoms with Crippen LogP contribution in [0.2, 0.25) is 0 Å². The van der Waals surface area contributed by atoms with Gasteiger partial charge in [-0.3, -0.25) is 4.79 Å². The molecule has 0 aliphatic rings. The van der Waals surface area contributed by atoms with E-state index in [0.717, 1.165) is 0 Å². The predicted molar refractivity (Wildman–Crippen MR) is 58.0 cm³/mol. The molecule has 1 aromatic carbocycles. The van der Waals surface area contributed by atoms with Gasteiger partial charge in [0.25, 0.3) is 0 Å². The Balaban J connectivity index is 3.03. The van der Waals surface area contributed by atoms with E-state index in [4.69, 9.17) is 14.7 Å². The number of benzene rings is 1. The summed E-state index contributed by atoms with van der Waals surface area (Å²) in [4.78, 5) is 11.2. The summed E-state index contributed by atoms with van der Waals surface area (Å²) in [6, 6.07) is 4.61. The zero-order chi connectivity index (χ0) is 12.8. The van der Waals surface area contributed by atoms with Crippen LogP contribution >= 0.6 is 0 Å². The molecule has 0 aliphatic carbocycles. The minimum Gasteiger partial charge on any atom is -0.492 e. The van der Waals surface area contributed by atoms with Crippen LogP contribution in [0.3, 0.4) is 0 Å². The second-order valence-electron chi connectivity index (χ2n) is 3.21. The quantitative estimate of drug-likeness (QED) is 0.749. The number of hydrogen-bond donors (Lipinski definition) is 0. The van der Waals surface area contributed by atoms with Crippen LogP contribution in [0.4, 0.5) is 4.39 Å². The molecule has 5 heteroatoms. The van der Waals surface area contributed by atoms with Gasteiger partial charge in [0, 0.05) is 5.56 Å². The molecule has 0 heterocycles. The van der Waals surface area contributed by atoms with Gasteiger partial charge in [-0.25, -0.2) is 4.39 Å². The Morgan fingerprint density at radius 1 is 1.53 bits per heavy atom. The van der Waals surface area contributed by atoms with Gasteiger partial charge in [-0.05, 0) is 13.0 Å². The average molecular weight is 237 g/mol. The number of carbonyl (C=O) groups is 1. The number of rotatable bonds is 4. The van der Waals surface area contributed by atoms with Crippen molar-refractivity contribution in [3.8, 4) is 11.8 Å². The molecule has 1 rings (SSSR count). The second-order valence-corrected chi connectivity index (χ2v) is 3.21. The van der Waals surface area contributed by atoms with Gasteiger partial charge in [-0.1, -0.05) is 6.07 Å². The number of carbonyl (C=O) groups excluding carboxylic acids is 1. The first kappa shape index (κ1) is 13.0. The molecule has 0 saturated heterocycles. The highest BCUT2D eigenvalue weighted by Gasteiger charge is 2.16. The summed E-state index contributed by atoms with van der Waals surface area (Å²) in [6.45, 7) is 1.92. The van der Waals surface area contributed by atoms with Crippen LogP contribution in [0.1, 0.15) is 18.1 Å². The summed E-state index contributed by atoms with van der Waals surface area (Å²) in [7, 11) is 1.27. The van der Waals surface area contributed by atoms with Crippen molar-refractivity contribution in [2.45, 2.75) is 13.3 Å². The number of ether oxygens (including phenoxy) is 2. The van der Waals surface area contributed by atoms with Gasteiger partial charge in [0.05, 0.1) is 25.7 Å². The predicted octanol–water partition coefficient (Wildman–Crippen LogP) is 1.81. The third kappa shape index (κ3) is 2.94. The Hall–Kier alpha value is -2.09. The second kappa shape index (κ2) is 5.85. The first-order valence-corrected chi connectivity index (χ1v) is 5.05. The van der Waals surface area contributed by atoms with Crippen molar-refractivity contribution < 1.29 is 18.7 Å². The van der Waals surface area contributed by atoms with Crippen LogP contribution in [0.5, 0.6) is 5.75 Å². The molecule has 0 atom stereocenters. The van der Waals surface area contributed by atoms with Gasteiger partial charge in [0.1, 0.15) is 6.07 Å². The van der Waals surface area contributed by atoms with Gasteiger partial charge in [0.15, 0.2) is 11.6 Å². The standard InChI is InChI=1S/C12H12FNO3/c1-3-17-10(15)6-8-4-5-9(7-14)12(16-2)11(8)13/h4-5H,3,6H2,1-2H3. The molecule has 1 aromatic rings. The molecule has 4 nitrogen and oxygen atoms in total. The van der Waals surface area contributed by atoms with Crippen LogP contribution < -0.4 is 4.74 Å². The van der Waals surface area contributed by atoms with Crippen molar-refractivity contribution in [1.29, 1.82) is 5.26 Å². The lowest BCUT2D eigenvalue weighted by atomic mass is 10.1. The molecule has 0 saturated carbocycles. The SMILES string of the molecule is CCOC(=O)Cc1ccc(C#N)c(OC)c1F. The van der Waals surface area contributed by atoms with Gasteiger partial charge in [-0.15, -0.1) is 0 Å². The van der Waals surface area contributed by atoms with E-state index in [-0.39, 0.29) is 29.9 Å². The van der Waals surface area contributed by atoms with E-state index in [9.17, 15) is 9.18 Å². The van der Waals surface area contributed by atoms with E-state index >= 15 is 0 Å². The zero-order valence-electron chi connectivity index (χ0n) is 9.62. The summed E-state index contributed by atoms with van der Waals surface area (Å²) >= 11 is 0. The molecule has 0 N–H and O–H groups in total. The smallest absolute Gasteiger partial charge is 0.310 e. The lowest BCUT2D eigenvalue weighted by Crippen LogP contribution is -2.09. The van der Waals surface area contributed by atoms with E-state index in [2.05, 4.69) is 0 Å². The van der Waals surface area contributed by atoms with Crippen molar-refractivity contribution in [1.82, 2.24) is 0 Å². The van der Waals surface area contributed by atoms with Crippen molar-refractivity contribution >= 4 is 5.97 Å². The van der Waals surface area contributed by atoms with Crippen LogP contribution in [0.25, 0.3) is 0 Å². The maximum atomic E-state index is 13.8. The van der Waals surface area contributed by atoms with E-state index in [1.54, 1.807) is 6.92 Å². The van der Waals surface area contributed by atoms with Crippen LogP contribution in [0.15, 0.2) is 12.1 Å². The largest absolute Gasteiger partial charge is 0.492 e. The summed E-state index contributed by atoms with van der Waals surface area (Å²) in [5.74, 6) is -1.35. The molecule has 0 aromatic heterocycles. The van der Waals surface area contributed by atoms with Crippen molar-refractivity contribution in [2.75, 3.05) is 13.7 Å². The number of esters is 1. The molecule has 90 valence electrons. The third-order valence-electron chi connectivity index (χ3n) is 2.14. The van der Waals surface area contributed by atoms with Crippen molar-refractivity contribution in [3.63, 3.8) is 0 Å². The van der Waals surface area contributed by atoms with E-state index in [1.165, 1.54) is 19.2 Å². The van der Waals surface area contributed by atoms with Gasteiger partial charge in [0.2, 0.25) is 0 Å². The van der Waals surface area contributed by atoms with Crippen LogP contribution in [-0.2, 0) is 16.0 Å². The van der Waals surface area contributed by atoms with E-state index in [0.29, 0.717) is 0 Å². The molecule has 0 radical (unpaired) electrons. The molecule has 0 amide bonds.